The molecule has 1 aromatic carbocycles. The lowest BCUT2D eigenvalue weighted by Gasteiger charge is -2.12. The van der Waals surface area contributed by atoms with Gasteiger partial charge in [0.15, 0.2) is 0 Å². The van der Waals surface area contributed by atoms with Gasteiger partial charge in [0.2, 0.25) is 0 Å². The number of benzene rings is 1. The molecule has 146 valence electrons. The Labute approximate surface area is 151 Å². The van der Waals surface area contributed by atoms with E-state index in [4.69, 9.17) is 9.47 Å². The van der Waals surface area contributed by atoms with Crippen molar-refractivity contribution in [3.8, 4) is 0 Å². The number of aliphatic imine (C=N–C) groups is 1. The molecule has 1 amide bonds. The number of carbonyl (C=O) groups excluding carboxylic acids is 1. The number of hydrogen-bond donors (Lipinski definition) is 1. The van der Waals surface area contributed by atoms with Gasteiger partial charge in [0.05, 0.1) is 12.2 Å². The summed E-state index contributed by atoms with van der Waals surface area (Å²) in [6.45, 7) is 3.03. The largest absolute Gasteiger partial charge is 0.463 e. The van der Waals surface area contributed by atoms with Crippen molar-refractivity contribution in [1.82, 2.24) is 5.32 Å². The van der Waals surface area contributed by atoms with Crippen molar-refractivity contribution in [3.05, 3.63) is 35.4 Å². The number of amides is 1. The van der Waals surface area contributed by atoms with Gasteiger partial charge in [-0.15, -0.1) is 0 Å². The Kier molecular flexibility index (Phi) is 9.72. The molecule has 0 saturated carbocycles. The molecule has 0 saturated heterocycles. The lowest BCUT2D eigenvalue weighted by atomic mass is 10.1. The SMILES string of the molecule is CCCCCCN=C(NC(=O)c1cccc(C(F)(F)F)c1)OCCOC. The van der Waals surface area contributed by atoms with Crippen molar-refractivity contribution in [2.24, 2.45) is 4.99 Å². The minimum Gasteiger partial charge on any atom is -0.463 e. The van der Waals surface area contributed by atoms with Gasteiger partial charge >= 0.3 is 6.18 Å². The number of nitrogens with zero attached hydrogens (tertiary/aromatic N) is 1. The number of carbonyl (C=O) groups is 1. The summed E-state index contributed by atoms with van der Waals surface area (Å²) in [6.07, 6.45) is -0.488. The fourth-order valence-electron chi connectivity index (χ4n) is 2.07. The van der Waals surface area contributed by atoms with Crippen LogP contribution >= 0.6 is 0 Å². The first-order valence-corrected chi connectivity index (χ1v) is 8.53. The van der Waals surface area contributed by atoms with E-state index in [0.29, 0.717) is 13.2 Å². The number of rotatable bonds is 9. The van der Waals surface area contributed by atoms with E-state index in [9.17, 15) is 18.0 Å². The second-order valence-electron chi connectivity index (χ2n) is 5.62. The van der Waals surface area contributed by atoms with Gasteiger partial charge in [0.1, 0.15) is 6.61 Å². The highest BCUT2D eigenvalue weighted by atomic mass is 19.4. The summed E-state index contributed by atoms with van der Waals surface area (Å²) in [4.78, 5) is 16.4. The van der Waals surface area contributed by atoms with E-state index in [1.165, 1.54) is 19.2 Å². The molecule has 0 aromatic heterocycles. The second-order valence-corrected chi connectivity index (χ2v) is 5.62. The molecular formula is C18H25F3N2O3. The van der Waals surface area contributed by atoms with E-state index in [0.717, 1.165) is 37.8 Å². The number of unbranched alkanes of at least 4 members (excludes halogenated alkanes) is 3. The zero-order valence-corrected chi connectivity index (χ0v) is 15.1. The van der Waals surface area contributed by atoms with Crippen LogP contribution in [0, 0.1) is 0 Å². The van der Waals surface area contributed by atoms with Gasteiger partial charge in [-0.05, 0) is 24.6 Å². The first-order chi connectivity index (χ1) is 12.4. The number of nitrogens with one attached hydrogen (secondary N) is 1. The summed E-state index contributed by atoms with van der Waals surface area (Å²) >= 11 is 0. The van der Waals surface area contributed by atoms with Crippen LogP contribution in [0.5, 0.6) is 0 Å². The lowest BCUT2D eigenvalue weighted by molar-refractivity contribution is -0.137. The molecule has 0 radical (unpaired) electrons. The van der Waals surface area contributed by atoms with Crippen LogP contribution in [0.4, 0.5) is 13.2 Å². The zero-order valence-electron chi connectivity index (χ0n) is 15.1. The highest BCUT2D eigenvalue weighted by Crippen LogP contribution is 2.29. The molecule has 8 heteroatoms. The maximum absolute atomic E-state index is 12.8. The molecule has 0 fully saturated rings. The third kappa shape index (κ3) is 8.33. The summed E-state index contributed by atoms with van der Waals surface area (Å²) < 4.78 is 48.5. The Morgan fingerprint density at radius 3 is 2.62 bits per heavy atom. The first-order valence-electron chi connectivity index (χ1n) is 8.53. The number of amidine groups is 1. The molecule has 1 N–H and O–H groups in total. The van der Waals surface area contributed by atoms with Crippen LogP contribution in [0.25, 0.3) is 0 Å². The maximum Gasteiger partial charge on any atom is 0.416 e. The van der Waals surface area contributed by atoms with Crippen LogP contribution < -0.4 is 5.32 Å². The van der Waals surface area contributed by atoms with E-state index in [1.807, 2.05) is 0 Å². The smallest absolute Gasteiger partial charge is 0.416 e. The molecule has 0 bridgehead atoms. The van der Waals surface area contributed by atoms with Gasteiger partial charge in [-0.1, -0.05) is 32.3 Å². The van der Waals surface area contributed by atoms with E-state index in [2.05, 4.69) is 17.2 Å². The minimum atomic E-state index is -4.51. The highest BCUT2D eigenvalue weighted by Gasteiger charge is 2.31. The molecule has 1 rings (SSSR count). The average molecular weight is 374 g/mol. The average Bonchev–Trinajstić information content (AvgIpc) is 2.60. The van der Waals surface area contributed by atoms with E-state index >= 15 is 0 Å². The number of halogens is 3. The molecule has 26 heavy (non-hydrogen) atoms. The van der Waals surface area contributed by atoms with Gasteiger partial charge in [0.25, 0.3) is 11.9 Å². The van der Waals surface area contributed by atoms with Crippen LogP contribution in [0.1, 0.15) is 48.5 Å². The van der Waals surface area contributed by atoms with E-state index in [-0.39, 0.29) is 18.2 Å². The molecule has 0 atom stereocenters. The van der Waals surface area contributed by atoms with Crippen molar-refractivity contribution in [2.75, 3.05) is 26.9 Å². The van der Waals surface area contributed by atoms with Crippen molar-refractivity contribution >= 4 is 11.9 Å². The van der Waals surface area contributed by atoms with Gasteiger partial charge in [0, 0.05) is 19.2 Å². The predicted molar refractivity (Wildman–Crippen MR) is 93.2 cm³/mol. The van der Waals surface area contributed by atoms with Crippen LogP contribution in [-0.2, 0) is 15.7 Å². The summed E-state index contributed by atoms with van der Waals surface area (Å²) in [5.74, 6) is -0.708. The van der Waals surface area contributed by atoms with E-state index in [1.54, 1.807) is 0 Å². The first kappa shape index (κ1) is 22.0. The van der Waals surface area contributed by atoms with Gasteiger partial charge in [-0.3, -0.25) is 10.1 Å². The van der Waals surface area contributed by atoms with E-state index < -0.39 is 17.6 Å². The molecule has 0 aliphatic rings. The number of ether oxygens (including phenoxy) is 2. The van der Waals surface area contributed by atoms with Crippen molar-refractivity contribution < 1.29 is 27.4 Å². The topological polar surface area (TPSA) is 59.9 Å². The minimum absolute atomic E-state index is 0.0130. The Morgan fingerprint density at radius 2 is 1.96 bits per heavy atom. The number of alkyl halides is 3. The summed E-state index contributed by atoms with van der Waals surface area (Å²) in [5, 5.41) is 2.43. The molecule has 0 spiro atoms. The summed E-state index contributed by atoms with van der Waals surface area (Å²) in [5.41, 5.74) is -1.00. The Balaban J connectivity index is 2.75. The van der Waals surface area contributed by atoms with Crippen molar-refractivity contribution in [2.45, 2.75) is 38.8 Å². The van der Waals surface area contributed by atoms with Crippen LogP contribution in [0.3, 0.4) is 0 Å². The third-order valence-corrected chi connectivity index (χ3v) is 3.47. The highest BCUT2D eigenvalue weighted by molar-refractivity contribution is 6.04. The molecule has 0 aliphatic carbocycles. The second kappa shape index (κ2) is 11.5. The van der Waals surface area contributed by atoms with Gasteiger partial charge < -0.3 is 9.47 Å². The Morgan fingerprint density at radius 1 is 1.19 bits per heavy atom. The van der Waals surface area contributed by atoms with Gasteiger partial charge in [-0.25, -0.2) is 4.99 Å². The van der Waals surface area contributed by atoms with Gasteiger partial charge in [-0.2, -0.15) is 13.2 Å². The Bertz CT molecular complexity index is 589. The lowest BCUT2D eigenvalue weighted by Crippen LogP contribution is -2.33. The number of methoxy groups -OCH3 is 1. The van der Waals surface area contributed by atoms with Crippen molar-refractivity contribution in [3.63, 3.8) is 0 Å². The molecule has 0 heterocycles. The summed E-state index contributed by atoms with van der Waals surface area (Å²) in [6, 6.07) is 4.18. The normalized spacial score (nSPS) is 12.1. The fourth-order valence-corrected chi connectivity index (χ4v) is 2.07. The van der Waals surface area contributed by atoms with Crippen LogP contribution in [0.15, 0.2) is 29.3 Å². The monoisotopic (exact) mass is 374 g/mol. The predicted octanol–water partition coefficient (Wildman–Crippen LogP) is 4.03. The third-order valence-electron chi connectivity index (χ3n) is 3.47. The molecule has 5 nitrogen and oxygen atoms in total. The Hall–Kier alpha value is -2.09. The fraction of sp³-hybridized carbons (Fsp3) is 0.556. The quantitative estimate of drug-likeness (QED) is 0.403. The van der Waals surface area contributed by atoms with Crippen LogP contribution in [0.2, 0.25) is 0 Å². The van der Waals surface area contributed by atoms with Crippen molar-refractivity contribution in [1.29, 1.82) is 0 Å². The molecule has 0 aliphatic heterocycles. The molecular weight excluding hydrogens is 349 g/mol. The molecule has 0 unspecified atom stereocenters. The van der Waals surface area contributed by atoms with Crippen LogP contribution in [-0.4, -0.2) is 38.8 Å². The molecule has 1 aromatic rings. The number of hydrogen-bond acceptors (Lipinski definition) is 4. The standard InChI is InChI=1S/C18H25F3N2O3/c1-3-4-5-6-10-22-17(26-12-11-25-2)23-16(24)14-8-7-9-15(13-14)18(19,20)21/h7-9,13H,3-6,10-12H2,1-2H3,(H,22,23,24). The zero-order chi connectivity index (χ0) is 19.4. The maximum atomic E-state index is 12.8. The summed E-state index contributed by atoms with van der Waals surface area (Å²) in [7, 11) is 1.51.